The Labute approximate surface area is 169 Å². The highest BCUT2D eigenvalue weighted by Crippen LogP contribution is 2.27. The average molecular weight is 396 g/mol. The normalized spacial score (nSPS) is 10.7. The first kappa shape index (κ1) is 20.2. The second-order valence-electron chi connectivity index (χ2n) is 6.69. The molecule has 2 N–H and O–H groups in total. The molecule has 0 aliphatic carbocycles. The maximum Gasteiger partial charge on any atom is 0.319 e. The van der Waals surface area contributed by atoms with Crippen LogP contribution in [0.15, 0.2) is 47.0 Å². The molecule has 8 heteroatoms. The Hall–Kier alpha value is -3.55. The van der Waals surface area contributed by atoms with Crippen LogP contribution in [0.1, 0.15) is 31.2 Å². The Morgan fingerprint density at radius 1 is 1.07 bits per heavy atom. The number of carbonyl (C=O) groups is 1. The molecule has 8 nitrogen and oxygen atoms in total. The Kier molecular flexibility index (Phi) is 6.33. The summed E-state index contributed by atoms with van der Waals surface area (Å²) in [6.45, 7) is 4.36. The molecule has 0 atom stereocenters. The number of rotatable bonds is 7. The number of methoxy groups -OCH3 is 2. The Morgan fingerprint density at radius 3 is 2.41 bits per heavy atom. The molecule has 0 bridgehead atoms. The van der Waals surface area contributed by atoms with Gasteiger partial charge in [0.15, 0.2) is 17.3 Å². The standard InChI is InChI=1S/C21H24N4O4/c1-13(2)19-24-20(29-25-19)15-6-8-16(9-7-15)23-21(26)22-12-14-5-10-17(27-3)18(11-14)28-4/h5-11,13H,12H2,1-4H3,(H2,22,23,26). The molecule has 0 saturated heterocycles. The van der Waals surface area contributed by atoms with E-state index in [0.29, 0.717) is 35.4 Å². The molecule has 1 aromatic heterocycles. The van der Waals surface area contributed by atoms with Crippen molar-refractivity contribution in [3.8, 4) is 23.0 Å². The molecule has 3 rings (SSSR count). The predicted octanol–water partition coefficient (Wildman–Crippen LogP) is 4.20. The van der Waals surface area contributed by atoms with Crippen molar-refractivity contribution in [1.29, 1.82) is 0 Å². The minimum absolute atomic E-state index is 0.197. The summed E-state index contributed by atoms with van der Waals surface area (Å²) in [4.78, 5) is 16.5. The zero-order valence-corrected chi connectivity index (χ0v) is 16.9. The van der Waals surface area contributed by atoms with Crippen molar-refractivity contribution in [2.45, 2.75) is 26.3 Å². The van der Waals surface area contributed by atoms with Crippen molar-refractivity contribution >= 4 is 11.7 Å². The summed E-state index contributed by atoms with van der Waals surface area (Å²) in [5.41, 5.74) is 2.34. The third kappa shape index (κ3) is 5.04. The molecule has 1 heterocycles. The van der Waals surface area contributed by atoms with Gasteiger partial charge in [-0.25, -0.2) is 4.79 Å². The summed E-state index contributed by atoms with van der Waals surface area (Å²) >= 11 is 0. The molecule has 0 unspecified atom stereocenters. The van der Waals surface area contributed by atoms with Gasteiger partial charge in [-0.05, 0) is 42.0 Å². The molecule has 152 valence electrons. The van der Waals surface area contributed by atoms with Gasteiger partial charge in [0, 0.05) is 23.7 Å². The summed E-state index contributed by atoms with van der Waals surface area (Å²) in [7, 11) is 3.15. The highest BCUT2D eigenvalue weighted by molar-refractivity contribution is 5.89. The van der Waals surface area contributed by atoms with Crippen LogP contribution in [-0.2, 0) is 6.54 Å². The lowest BCUT2D eigenvalue weighted by Crippen LogP contribution is -2.28. The SMILES string of the molecule is COc1ccc(CNC(=O)Nc2ccc(-c3nc(C(C)C)no3)cc2)cc1OC. The van der Waals surface area contributed by atoms with E-state index in [2.05, 4.69) is 20.8 Å². The largest absolute Gasteiger partial charge is 0.493 e. The molecular formula is C21H24N4O4. The maximum atomic E-state index is 12.2. The van der Waals surface area contributed by atoms with Crippen molar-refractivity contribution in [1.82, 2.24) is 15.5 Å². The number of hydrogen-bond acceptors (Lipinski definition) is 6. The van der Waals surface area contributed by atoms with Crippen molar-refractivity contribution in [3.63, 3.8) is 0 Å². The van der Waals surface area contributed by atoms with Crippen molar-refractivity contribution in [3.05, 3.63) is 53.9 Å². The number of nitrogens with one attached hydrogen (secondary N) is 2. The van der Waals surface area contributed by atoms with Gasteiger partial charge in [0.05, 0.1) is 14.2 Å². The minimum Gasteiger partial charge on any atom is -0.493 e. The van der Waals surface area contributed by atoms with Gasteiger partial charge in [-0.1, -0.05) is 25.1 Å². The number of urea groups is 1. The van der Waals surface area contributed by atoms with Gasteiger partial charge in [-0.15, -0.1) is 0 Å². The lowest BCUT2D eigenvalue weighted by Gasteiger charge is -2.11. The number of nitrogens with zero attached hydrogens (tertiary/aromatic N) is 2. The van der Waals surface area contributed by atoms with Gasteiger partial charge in [-0.2, -0.15) is 4.98 Å². The fourth-order valence-corrected chi connectivity index (χ4v) is 2.63. The third-order valence-electron chi connectivity index (χ3n) is 4.25. The van der Waals surface area contributed by atoms with Crippen molar-refractivity contribution in [2.75, 3.05) is 19.5 Å². The zero-order valence-electron chi connectivity index (χ0n) is 16.9. The van der Waals surface area contributed by atoms with E-state index in [1.165, 1.54) is 0 Å². The molecule has 2 amide bonds. The monoisotopic (exact) mass is 396 g/mol. The highest BCUT2D eigenvalue weighted by Gasteiger charge is 2.12. The first-order valence-electron chi connectivity index (χ1n) is 9.20. The molecule has 0 saturated carbocycles. The fraction of sp³-hybridized carbons (Fsp3) is 0.286. The summed E-state index contributed by atoms with van der Waals surface area (Å²) in [5.74, 6) is 2.57. The van der Waals surface area contributed by atoms with Gasteiger partial charge in [0.25, 0.3) is 5.89 Å². The smallest absolute Gasteiger partial charge is 0.319 e. The molecular weight excluding hydrogens is 372 g/mol. The lowest BCUT2D eigenvalue weighted by atomic mass is 10.2. The van der Waals surface area contributed by atoms with Crippen LogP contribution in [0.3, 0.4) is 0 Å². The van der Waals surface area contributed by atoms with E-state index in [1.54, 1.807) is 32.4 Å². The Morgan fingerprint density at radius 2 is 1.79 bits per heavy atom. The second-order valence-corrected chi connectivity index (χ2v) is 6.69. The van der Waals surface area contributed by atoms with E-state index in [1.807, 2.05) is 38.1 Å². The van der Waals surface area contributed by atoms with E-state index in [0.717, 1.165) is 11.1 Å². The van der Waals surface area contributed by atoms with E-state index in [4.69, 9.17) is 14.0 Å². The lowest BCUT2D eigenvalue weighted by molar-refractivity contribution is 0.251. The van der Waals surface area contributed by atoms with Crippen LogP contribution >= 0.6 is 0 Å². The Bertz CT molecular complexity index is 967. The van der Waals surface area contributed by atoms with Gasteiger partial charge in [0.2, 0.25) is 0 Å². The highest BCUT2D eigenvalue weighted by atomic mass is 16.5. The zero-order chi connectivity index (χ0) is 20.8. The second kappa shape index (κ2) is 9.09. The first-order chi connectivity index (χ1) is 14.0. The molecule has 0 radical (unpaired) electrons. The van der Waals surface area contributed by atoms with Crippen molar-refractivity contribution < 1.29 is 18.8 Å². The average Bonchev–Trinajstić information content (AvgIpc) is 3.23. The number of hydrogen-bond donors (Lipinski definition) is 2. The number of carbonyl (C=O) groups excluding carboxylic acids is 1. The van der Waals surface area contributed by atoms with E-state index in [9.17, 15) is 4.79 Å². The van der Waals surface area contributed by atoms with E-state index < -0.39 is 0 Å². The van der Waals surface area contributed by atoms with E-state index in [-0.39, 0.29) is 11.9 Å². The molecule has 3 aromatic rings. The fourth-order valence-electron chi connectivity index (χ4n) is 2.63. The Balaban J connectivity index is 1.56. The van der Waals surface area contributed by atoms with Crippen LogP contribution < -0.4 is 20.1 Å². The van der Waals surface area contributed by atoms with Crippen LogP contribution in [0, 0.1) is 0 Å². The van der Waals surface area contributed by atoms with Gasteiger partial charge in [0.1, 0.15) is 0 Å². The summed E-state index contributed by atoms with van der Waals surface area (Å²) in [6.07, 6.45) is 0. The molecule has 2 aromatic carbocycles. The van der Waals surface area contributed by atoms with Crippen LogP contribution in [0.5, 0.6) is 11.5 Å². The van der Waals surface area contributed by atoms with Gasteiger partial charge < -0.3 is 24.6 Å². The maximum absolute atomic E-state index is 12.2. The van der Waals surface area contributed by atoms with Crippen LogP contribution in [0.4, 0.5) is 10.5 Å². The quantitative estimate of drug-likeness (QED) is 0.621. The number of amides is 2. The number of benzene rings is 2. The topological polar surface area (TPSA) is 98.5 Å². The minimum atomic E-state index is -0.313. The summed E-state index contributed by atoms with van der Waals surface area (Å²) < 4.78 is 15.8. The number of aromatic nitrogens is 2. The van der Waals surface area contributed by atoms with Crippen LogP contribution in [0.2, 0.25) is 0 Å². The van der Waals surface area contributed by atoms with Crippen LogP contribution in [-0.4, -0.2) is 30.4 Å². The first-order valence-corrected chi connectivity index (χ1v) is 9.20. The number of ether oxygens (including phenoxy) is 2. The summed E-state index contributed by atoms with van der Waals surface area (Å²) in [6, 6.07) is 12.4. The van der Waals surface area contributed by atoms with Crippen LogP contribution in [0.25, 0.3) is 11.5 Å². The molecule has 29 heavy (non-hydrogen) atoms. The predicted molar refractivity (Wildman–Crippen MR) is 109 cm³/mol. The molecule has 0 fully saturated rings. The molecule has 0 aliphatic rings. The molecule has 0 aliphatic heterocycles. The number of anilines is 1. The van der Waals surface area contributed by atoms with E-state index >= 15 is 0 Å². The van der Waals surface area contributed by atoms with Gasteiger partial charge in [-0.3, -0.25) is 0 Å². The summed E-state index contributed by atoms with van der Waals surface area (Å²) in [5, 5.41) is 9.56. The van der Waals surface area contributed by atoms with Crippen molar-refractivity contribution in [2.24, 2.45) is 0 Å². The molecule has 0 spiro atoms. The third-order valence-corrected chi connectivity index (χ3v) is 4.25. The van der Waals surface area contributed by atoms with Gasteiger partial charge >= 0.3 is 6.03 Å².